The maximum Gasteiger partial charge on any atom is 0.255 e. The highest BCUT2D eigenvalue weighted by Gasteiger charge is 2.19. The fourth-order valence-electron chi connectivity index (χ4n) is 4.98. The molecule has 1 fully saturated rings. The number of hydrogen-bond donors (Lipinski definition) is 5. The van der Waals surface area contributed by atoms with Gasteiger partial charge in [-0.05, 0) is 66.3 Å². The molecule has 10 heteroatoms. The number of aliphatic hydroxyl groups excluding tert-OH is 2. The summed E-state index contributed by atoms with van der Waals surface area (Å²) in [7, 11) is 0. The Bertz CT molecular complexity index is 1540. The molecule has 218 valence electrons. The van der Waals surface area contributed by atoms with E-state index in [9.17, 15) is 15.0 Å². The smallest absolute Gasteiger partial charge is 0.255 e. The number of hydrogen-bond acceptors (Lipinski definition) is 9. The molecule has 0 saturated carbocycles. The minimum Gasteiger partial charge on any atom is -0.393 e. The summed E-state index contributed by atoms with van der Waals surface area (Å²) in [4.78, 5) is 28.4. The third kappa shape index (κ3) is 6.67. The Hall–Kier alpha value is -4.54. The topological polar surface area (TPSA) is 150 Å². The number of rotatable bonds is 7. The van der Waals surface area contributed by atoms with E-state index in [1.165, 1.54) is 0 Å². The lowest BCUT2D eigenvalue weighted by Gasteiger charge is -2.31. The highest BCUT2D eigenvalue weighted by molar-refractivity contribution is 6.05. The van der Waals surface area contributed by atoms with E-state index < -0.39 is 0 Å². The number of anilines is 5. The third-order valence-electron chi connectivity index (χ3n) is 7.44. The fourth-order valence-corrected chi connectivity index (χ4v) is 4.98. The van der Waals surface area contributed by atoms with Crippen molar-refractivity contribution in [2.75, 3.05) is 34.4 Å². The van der Waals surface area contributed by atoms with Crippen LogP contribution in [0.2, 0.25) is 0 Å². The number of benzene rings is 3. The second-order valence-corrected chi connectivity index (χ2v) is 11.5. The summed E-state index contributed by atoms with van der Waals surface area (Å²) in [5, 5.41) is 26.2. The van der Waals surface area contributed by atoms with Crippen molar-refractivity contribution in [2.45, 2.75) is 51.7 Å². The van der Waals surface area contributed by atoms with Crippen LogP contribution >= 0.6 is 0 Å². The van der Waals surface area contributed by atoms with Gasteiger partial charge >= 0.3 is 0 Å². The molecule has 10 nitrogen and oxygen atoms in total. The van der Waals surface area contributed by atoms with Crippen molar-refractivity contribution in [3.8, 4) is 11.4 Å². The number of nitrogens with two attached hydrogens (primary N) is 1. The number of carbonyl (C=O) groups is 1. The van der Waals surface area contributed by atoms with Gasteiger partial charge in [0, 0.05) is 46.8 Å². The normalized spacial score (nSPS) is 14.1. The molecular formula is C32H37N7O3. The predicted molar refractivity (Wildman–Crippen MR) is 166 cm³/mol. The van der Waals surface area contributed by atoms with Crippen LogP contribution in [0, 0.1) is 0 Å². The number of carbonyl (C=O) groups excluding carboxylic acids is 1. The van der Waals surface area contributed by atoms with Gasteiger partial charge in [0.15, 0.2) is 5.82 Å². The number of aromatic nitrogens is 3. The molecule has 1 saturated heterocycles. The lowest BCUT2D eigenvalue weighted by molar-refractivity contribution is 0.102. The number of aliphatic hydroxyl groups is 2. The molecule has 5 rings (SSSR count). The Morgan fingerprint density at radius 3 is 2.31 bits per heavy atom. The van der Waals surface area contributed by atoms with Crippen molar-refractivity contribution in [1.82, 2.24) is 15.0 Å². The van der Waals surface area contributed by atoms with Gasteiger partial charge in [-0.3, -0.25) is 4.79 Å². The maximum absolute atomic E-state index is 13.1. The van der Waals surface area contributed by atoms with E-state index in [1.54, 1.807) is 30.3 Å². The highest BCUT2D eigenvalue weighted by atomic mass is 16.3. The molecule has 1 aliphatic rings. The molecule has 0 bridgehead atoms. The Morgan fingerprint density at radius 2 is 1.67 bits per heavy atom. The van der Waals surface area contributed by atoms with Crippen molar-refractivity contribution in [3.05, 3.63) is 83.4 Å². The Morgan fingerprint density at radius 1 is 0.976 bits per heavy atom. The van der Waals surface area contributed by atoms with E-state index in [0.29, 0.717) is 22.4 Å². The van der Waals surface area contributed by atoms with Gasteiger partial charge in [0.05, 0.1) is 12.7 Å². The summed E-state index contributed by atoms with van der Waals surface area (Å²) in [5.41, 5.74) is 11.0. The molecule has 1 aromatic heterocycles. The quantitative estimate of drug-likeness (QED) is 0.211. The second-order valence-electron chi connectivity index (χ2n) is 11.5. The van der Waals surface area contributed by atoms with Crippen LogP contribution in [0.15, 0.2) is 66.7 Å². The molecule has 1 amide bonds. The number of amides is 1. The van der Waals surface area contributed by atoms with Gasteiger partial charge in [-0.25, -0.2) is 0 Å². The maximum atomic E-state index is 13.1. The Kier molecular flexibility index (Phi) is 8.37. The number of nitrogens with zero attached hydrogens (tertiary/aromatic N) is 4. The van der Waals surface area contributed by atoms with Crippen LogP contribution in [-0.2, 0) is 12.0 Å². The molecule has 0 atom stereocenters. The van der Waals surface area contributed by atoms with Crippen LogP contribution in [0.4, 0.5) is 29.0 Å². The van der Waals surface area contributed by atoms with Gasteiger partial charge in [0.1, 0.15) is 0 Å². The molecule has 3 aromatic carbocycles. The molecule has 0 aliphatic carbocycles. The van der Waals surface area contributed by atoms with Gasteiger partial charge in [-0.1, -0.05) is 45.0 Å². The average Bonchev–Trinajstić information content (AvgIpc) is 2.97. The van der Waals surface area contributed by atoms with E-state index in [0.717, 1.165) is 42.9 Å². The molecule has 1 aliphatic heterocycles. The Balaban J connectivity index is 1.35. The molecule has 2 heterocycles. The summed E-state index contributed by atoms with van der Waals surface area (Å²) in [6.07, 6.45) is 1.30. The minimum atomic E-state index is -0.349. The first-order chi connectivity index (χ1) is 20.1. The lowest BCUT2D eigenvalue weighted by atomic mass is 9.86. The summed E-state index contributed by atoms with van der Waals surface area (Å²) in [6, 6.07) is 20.6. The van der Waals surface area contributed by atoms with Crippen molar-refractivity contribution in [3.63, 3.8) is 0 Å². The zero-order valence-electron chi connectivity index (χ0n) is 24.1. The van der Waals surface area contributed by atoms with Gasteiger partial charge < -0.3 is 31.5 Å². The first kappa shape index (κ1) is 29.0. The highest BCUT2D eigenvalue weighted by Crippen LogP contribution is 2.30. The SMILES string of the molecule is CC(C)(C)c1ccc(C(=O)Nc2cccc(-c3nc(N)nc(Nc4ccc(N5CCC(O)CC5)cc4)n3)c2CO)cc1. The van der Waals surface area contributed by atoms with E-state index in [1.807, 2.05) is 36.4 Å². The molecular weight excluding hydrogens is 530 g/mol. The number of nitrogen functional groups attached to an aromatic ring is 1. The van der Waals surface area contributed by atoms with Crippen molar-refractivity contribution < 1.29 is 15.0 Å². The third-order valence-corrected chi connectivity index (χ3v) is 7.44. The van der Waals surface area contributed by atoms with Gasteiger partial charge in [0.25, 0.3) is 5.91 Å². The Labute approximate surface area is 245 Å². The van der Waals surface area contributed by atoms with Crippen molar-refractivity contribution in [2.24, 2.45) is 0 Å². The van der Waals surface area contributed by atoms with Crippen LogP contribution < -0.4 is 21.3 Å². The average molecular weight is 568 g/mol. The first-order valence-electron chi connectivity index (χ1n) is 14.1. The fraction of sp³-hybridized carbons (Fsp3) is 0.312. The summed E-state index contributed by atoms with van der Waals surface area (Å²) in [6.45, 7) is 7.65. The molecule has 0 spiro atoms. The number of nitrogens with one attached hydrogen (secondary N) is 2. The molecule has 0 radical (unpaired) electrons. The molecule has 0 unspecified atom stereocenters. The largest absolute Gasteiger partial charge is 0.393 e. The van der Waals surface area contributed by atoms with E-state index in [4.69, 9.17) is 5.73 Å². The standard InChI is InChI=1S/C32H37N7O3/c1-32(2,3)21-9-7-20(8-10-21)29(42)35-27-6-4-5-25(26(27)19-40)28-36-30(33)38-31(37-28)34-22-11-13-23(14-12-22)39-17-15-24(41)16-18-39/h4-14,24,40-41H,15-19H2,1-3H3,(H,35,42)(H3,33,34,36,37,38). The van der Waals surface area contributed by atoms with Crippen LogP contribution in [-0.4, -0.2) is 50.3 Å². The van der Waals surface area contributed by atoms with E-state index in [2.05, 4.69) is 51.3 Å². The zero-order valence-corrected chi connectivity index (χ0v) is 24.1. The van der Waals surface area contributed by atoms with Gasteiger partial charge in [-0.15, -0.1) is 0 Å². The van der Waals surface area contributed by atoms with Crippen LogP contribution in [0.3, 0.4) is 0 Å². The van der Waals surface area contributed by atoms with Crippen molar-refractivity contribution >= 4 is 34.9 Å². The summed E-state index contributed by atoms with van der Waals surface area (Å²) >= 11 is 0. The van der Waals surface area contributed by atoms with Gasteiger partial charge in [0.2, 0.25) is 11.9 Å². The van der Waals surface area contributed by atoms with Crippen LogP contribution in [0.5, 0.6) is 0 Å². The van der Waals surface area contributed by atoms with E-state index >= 15 is 0 Å². The zero-order chi connectivity index (χ0) is 29.9. The van der Waals surface area contributed by atoms with Crippen LogP contribution in [0.25, 0.3) is 11.4 Å². The van der Waals surface area contributed by atoms with E-state index in [-0.39, 0.29) is 41.8 Å². The summed E-state index contributed by atoms with van der Waals surface area (Å²) in [5.74, 6) is 0.249. The second kappa shape index (κ2) is 12.1. The number of piperidine rings is 1. The molecule has 6 N–H and O–H groups in total. The first-order valence-corrected chi connectivity index (χ1v) is 14.1. The summed E-state index contributed by atoms with van der Waals surface area (Å²) < 4.78 is 0. The van der Waals surface area contributed by atoms with Gasteiger partial charge in [-0.2, -0.15) is 15.0 Å². The molecule has 42 heavy (non-hydrogen) atoms. The van der Waals surface area contributed by atoms with Crippen molar-refractivity contribution in [1.29, 1.82) is 0 Å². The predicted octanol–water partition coefficient (Wildman–Crippen LogP) is 4.87. The monoisotopic (exact) mass is 567 g/mol. The minimum absolute atomic E-state index is 0.0169. The molecule has 4 aromatic rings. The van der Waals surface area contributed by atoms with Crippen LogP contribution in [0.1, 0.15) is 55.1 Å². The lowest BCUT2D eigenvalue weighted by Crippen LogP contribution is -2.35.